The average molecular weight is 506 g/mol. The van der Waals surface area contributed by atoms with Crippen LogP contribution in [-0.2, 0) is 30.3 Å². The number of hydrogen-bond acceptors (Lipinski definition) is 6. The van der Waals surface area contributed by atoms with E-state index in [1.165, 1.54) is 7.11 Å². The molecule has 0 unspecified atom stereocenters. The van der Waals surface area contributed by atoms with Crippen LogP contribution in [0.5, 0.6) is 0 Å². The van der Waals surface area contributed by atoms with Gasteiger partial charge in [-0.05, 0) is 38.2 Å². The van der Waals surface area contributed by atoms with Gasteiger partial charge in [-0.25, -0.2) is 4.79 Å². The summed E-state index contributed by atoms with van der Waals surface area (Å²) in [5.74, 6) is -1.27. The van der Waals surface area contributed by atoms with Crippen LogP contribution in [0.2, 0.25) is 0 Å². The number of alkyl carbamates (subject to hydrolysis) is 1. The lowest BCUT2D eigenvalue weighted by atomic mass is 9.98. The minimum absolute atomic E-state index is 0.0226. The zero-order valence-corrected chi connectivity index (χ0v) is 22.8. The summed E-state index contributed by atoms with van der Waals surface area (Å²) in [6.45, 7) is 12.9. The molecule has 0 aliphatic heterocycles. The van der Waals surface area contributed by atoms with Crippen LogP contribution in [0.4, 0.5) is 4.79 Å². The highest BCUT2D eigenvalue weighted by Gasteiger charge is 2.29. The summed E-state index contributed by atoms with van der Waals surface area (Å²) < 4.78 is 10.1. The molecule has 0 heterocycles. The van der Waals surface area contributed by atoms with Gasteiger partial charge in [0.25, 0.3) is 0 Å². The van der Waals surface area contributed by atoms with Gasteiger partial charge in [0, 0.05) is 24.9 Å². The highest BCUT2D eigenvalue weighted by molar-refractivity contribution is 5.88. The summed E-state index contributed by atoms with van der Waals surface area (Å²) >= 11 is 0. The van der Waals surface area contributed by atoms with E-state index in [0.29, 0.717) is 0 Å². The molecule has 0 aliphatic rings. The first-order valence-electron chi connectivity index (χ1n) is 12.4. The molecule has 36 heavy (non-hydrogen) atoms. The van der Waals surface area contributed by atoms with Crippen molar-refractivity contribution in [3.8, 4) is 0 Å². The van der Waals surface area contributed by atoms with Crippen LogP contribution < -0.4 is 16.0 Å². The van der Waals surface area contributed by atoms with Crippen molar-refractivity contribution in [3.63, 3.8) is 0 Å². The van der Waals surface area contributed by atoms with E-state index in [2.05, 4.69) is 16.0 Å². The Kier molecular flexibility index (Phi) is 12.4. The van der Waals surface area contributed by atoms with Gasteiger partial charge in [-0.15, -0.1) is 0 Å². The quantitative estimate of drug-likeness (QED) is 0.375. The first-order chi connectivity index (χ1) is 16.7. The summed E-state index contributed by atoms with van der Waals surface area (Å²) in [7, 11) is 1.30. The molecule has 0 saturated carbocycles. The second kappa shape index (κ2) is 14.5. The summed E-state index contributed by atoms with van der Waals surface area (Å²) in [5.41, 5.74) is 0.212. The van der Waals surface area contributed by atoms with Gasteiger partial charge in [0.2, 0.25) is 11.8 Å². The summed E-state index contributed by atoms with van der Waals surface area (Å²) in [5, 5.41) is 8.48. The Bertz CT molecular complexity index is 864. The van der Waals surface area contributed by atoms with Crippen molar-refractivity contribution >= 4 is 23.9 Å². The van der Waals surface area contributed by atoms with Crippen LogP contribution in [0.1, 0.15) is 66.9 Å². The van der Waals surface area contributed by atoms with Crippen molar-refractivity contribution in [1.29, 1.82) is 0 Å². The van der Waals surface area contributed by atoms with Gasteiger partial charge in [0.1, 0.15) is 11.6 Å². The van der Waals surface area contributed by atoms with Gasteiger partial charge < -0.3 is 25.4 Å². The molecule has 0 fully saturated rings. The molecule has 0 bridgehead atoms. The first-order valence-corrected chi connectivity index (χ1v) is 12.4. The molecule has 9 nitrogen and oxygen atoms in total. The predicted molar refractivity (Wildman–Crippen MR) is 138 cm³/mol. The number of amides is 3. The molecule has 1 rings (SSSR count). The SMILES string of the molecule is COC(=O)C[C@@H](NC(=O)[C@@H](Cc1ccccc1)NC(=O)C[C@@H](NC(=O)OC(C)(C)C)C(C)C)C(C)C. The zero-order valence-electron chi connectivity index (χ0n) is 22.8. The Hall–Kier alpha value is -3.10. The number of esters is 1. The monoisotopic (exact) mass is 505 g/mol. The normalized spacial score (nSPS) is 13.9. The van der Waals surface area contributed by atoms with Crippen LogP contribution in [0, 0.1) is 11.8 Å². The number of nitrogens with one attached hydrogen (secondary N) is 3. The highest BCUT2D eigenvalue weighted by atomic mass is 16.6. The number of rotatable bonds is 12. The molecular weight excluding hydrogens is 462 g/mol. The molecule has 0 aromatic heterocycles. The zero-order chi connectivity index (χ0) is 27.5. The van der Waals surface area contributed by atoms with E-state index in [9.17, 15) is 19.2 Å². The van der Waals surface area contributed by atoms with Crippen LogP contribution in [-0.4, -0.2) is 54.7 Å². The number of benzene rings is 1. The van der Waals surface area contributed by atoms with E-state index in [4.69, 9.17) is 9.47 Å². The van der Waals surface area contributed by atoms with E-state index in [1.54, 1.807) is 20.8 Å². The van der Waals surface area contributed by atoms with Gasteiger partial charge in [0.05, 0.1) is 13.5 Å². The van der Waals surface area contributed by atoms with Crippen LogP contribution in [0.25, 0.3) is 0 Å². The Morgan fingerprint density at radius 3 is 1.89 bits per heavy atom. The highest BCUT2D eigenvalue weighted by Crippen LogP contribution is 2.13. The molecule has 9 heteroatoms. The second-order valence-electron chi connectivity index (χ2n) is 10.7. The van der Waals surface area contributed by atoms with Gasteiger partial charge >= 0.3 is 12.1 Å². The fraction of sp³-hybridized carbons (Fsp3) is 0.630. The van der Waals surface area contributed by atoms with Crippen molar-refractivity contribution in [2.24, 2.45) is 11.8 Å². The molecule has 202 valence electrons. The molecule has 0 radical (unpaired) electrons. The molecule has 3 amide bonds. The van der Waals surface area contributed by atoms with Crippen LogP contribution in [0.15, 0.2) is 30.3 Å². The number of methoxy groups -OCH3 is 1. The van der Waals surface area contributed by atoms with Crippen LogP contribution >= 0.6 is 0 Å². The smallest absolute Gasteiger partial charge is 0.407 e. The van der Waals surface area contributed by atoms with Gasteiger partial charge in [-0.3, -0.25) is 14.4 Å². The van der Waals surface area contributed by atoms with Gasteiger partial charge in [0.15, 0.2) is 0 Å². The minimum atomic E-state index is -0.867. The van der Waals surface area contributed by atoms with Crippen molar-refractivity contribution in [2.45, 2.75) is 91.5 Å². The minimum Gasteiger partial charge on any atom is -0.469 e. The van der Waals surface area contributed by atoms with Gasteiger partial charge in [-0.2, -0.15) is 0 Å². The van der Waals surface area contributed by atoms with Crippen molar-refractivity contribution < 1.29 is 28.7 Å². The van der Waals surface area contributed by atoms with E-state index in [1.807, 2.05) is 58.0 Å². The van der Waals surface area contributed by atoms with E-state index < -0.39 is 41.7 Å². The molecule has 3 atom stereocenters. The Morgan fingerprint density at radius 1 is 0.833 bits per heavy atom. The van der Waals surface area contributed by atoms with Gasteiger partial charge in [-0.1, -0.05) is 58.0 Å². The van der Waals surface area contributed by atoms with E-state index >= 15 is 0 Å². The number of carbonyl (C=O) groups excluding carboxylic acids is 4. The number of ether oxygens (including phenoxy) is 2. The molecule has 0 spiro atoms. The molecule has 0 aliphatic carbocycles. The average Bonchev–Trinajstić information content (AvgIpc) is 2.76. The van der Waals surface area contributed by atoms with Crippen molar-refractivity contribution in [3.05, 3.63) is 35.9 Å². The second-order valence-corrected chi connectivity index (χ2v) is 10.7. The fourth-order valence-electron chi connectivity index (χ4n) is 3.42. The number of hydrogen-bond donors (Lipinski definition) is 3. The predicted octanol–water partition coefficient (Wildman–Crippen LogP) is 3.36. The van der Waals surface area contributed by atoms with Crippen LogP contribution in [0.3, 0.4) is 0 Å². The topological polar surface area (TPSA) is 123 Å². The largest absolute Gasteiger partial charge is 0.469 e. The Morgan fingerprint density at radius 2 is 1.39 bits per heavy atom. The van der Waals surface area contributed by atoms with Crippen molar-refractivity contribution in [1.82, 2.24) is 16.0 Å². The maximum atomic E-state index is 13.3. The molecule has 1 aromatic carbocycles. The third-order valence-corrected chi connectivity index (χ3v) is 5.59. The maximum Gasteiger partial charge on any atom is 0.407 e. The molecule has 3 N–H and O–H groups in total. The summed E-state index contributed by atoms with van der Waals surface area (Å²) in [6, 6.07) is 7.55. The lowest BCUT2D eigenvalue weighted by Gasteiger charge is -2.27. The molecular formula is C27H43N3O6. The van der Waals surface area contributed by atoms with E-state index in [-0.39, 0.29) is 37.0 Å². The number of carbonyl (C=O) groups is 4. The third-order valence-electron chi connectivity index (χ3n) is 5.59. The lowest BCUT2D eigenvalue weighted by molar-refractivity contribution is -0.142. The third kappa shape index (κ3) is 12.0. The van der Waals surface area contributed by atoms with E-state index in [0.717, 1.165) is 5.56 Å². The van der Waals surface area contributed by atoms with Crippen molar-refractivity contribution in [2.75, 3.05) is 7.11 Å². The molecule has 0 saturated heterocycles. The maximum absolute atomic E-state index is 13.3. The Labute approximate surface area is 215 Å². The summed E-state index contributed by atoms with van der Waals surface area (Å²) in [6.07, 6.45) is -0.324. The Balaban J connectivity index is 2.99. The fourth-order valence-corrected chi connectivity index (χ4v) is 3.42. The summed E-state index contributed by atoms with van der Waals surface area (Å²) in [4.78, 5) is 50.3. The lowest BCUT2D eigenvalue weighted by Crippen LogP contribution is -2.53. The first kappa shape index (κ1) is 30.9. The standard InChI is InChI=1S/C27H43N3O6/c1-17(2)20(30-26(34)36-27(5,6)7)15-23(31)28-22(14-19-12-10-9-11-13-19)25(33)29-21(18(3)4)16-24(32)35-8/h9-13,17-18,20-22H,14-16H2,1-8H3,(H,28,31)(H,29,33)(H,30,34)/t20-,21-,22-/m1/s1. The molecule has 1 aromatic rings.